The molecule has 1 saturated carbocycles. The van der Waals surface area contributed by atoms with Crippen LogP contribution >= 0.6 is 0 Å². The average Bonchev–Trinajstić information content (AvgIpc) is 3.62. The van der Waals surface area contributed by atoms with E-state index in [4.69, 9.17) is 4.98 Å². The molecule has 9 nitrogen and oxygen atoms in total. The van der Waals surface area contributed by atoms with Gasteiger partial charge in [0.05, 0.1) is 22.9 Å². The molecule has 0 radical (unpaired) electrons. The highest BCUT2D eigenvalue weighted by Gasteiger charge is 2.46. The van der Waals surface area contributed by atoms with Crippen LogP contribution in [0.3, 0.4) is 0 Å². The maximum absolute atomic E-state index is 13.3. The summed E-state index contributed by atoms with van der Waals surface area (Å²) in [5, 5.41) is 16.8. The highest BCUT2D eigenvalue weighted by molar-refractivity contribution is 5.77. The van der Waals surface area contributed by atoms with Crippen molar-refractivity contribution in [1.29, 1.82) is 5.26 Å². The van der Waals surface area contributed by atoms with Crippen LogP contribution in [0.4, 0.5) is 11.6 Å². The molecule has 0 atom stereocenters. The minimum Gasteiger partial charge on any atom is -0.324 e. The molecule has 0 amide bonds. The van der Waals surface area contributed by atoms with E-state index in [1.807, 2.05) is 36.7 Å². The van der Waals surface area contributed by atoms with Gasteiger partial charge in [-0.2, -0.15) is 10.2 Å². The third-order valence-corrected chi connectivity index (χ3v) is 6.90. The molecule has 0 saturated heterocycles. The van der Waals surface area contributed by atoms with Crippen molar-refractivity contribution in [2.75, 3.05) is 11.9 Å². The lowest BCUT2D eigenvalue weighted by Gasteiger charge is -2.18. The summed E-state index contributed by atoms with van der Waals surface area (Å²) in [4.78, 5) is 27.0. The van der Waals surface area contributed by atoms with Crippen LogP contribution in [0.2, 0.25) is 0 Å². The molecule has 4 heterocycles. The van der Waals surface area contributed by atoms with Gasteiger partial charge >= 0.3 is 0 Å². The van der Waals surface area contributed by atoms with Crippen molar-refractivity contribution in [3.8, 4) is 11.8 Å². The van der Waals surface area contributed by atoms with E-state index in [-0.39, 0.29) is 11.6 Å². The predicted octanol–water partition coefficient (Wildman–Crippen LogP) is 3.50. The van der Waals surface area contributed by atoms with Crippen LogP contribution in [-0.2, 0) is 18.4 Å². The van der Waals surface area contributed by atoms with Crippen molar-refractivity contribution in [3.05, 3.63) is 69.9 Å². The van der Waals surface area contributed by atoms with Crippen LogP contribution in [0.5, 0.6) is 0 Å². The maximum Gasteiger partial charge on any atom is 0.278 e. The van der Waals surface area contributed by atoms with Crippen LogP contribution < -0.4 is 16.2 Å². The number of fused-ring (bicyclic) bond motifs is 2. The number of hydrogen-bond acceptors (Lipinski definition) is 7. The molecule has 2 aliphatic rings. The largest absolute Gasteiger partial charge is 0.324 e. The first kappa shape index (κ1) is 21.5. The zero-order chi connectivity index (χ0) is 24.2. The van der Waals surface area contributed by atoms with E-state index in [0.717, 1.165) is 49.4 Å². The fourth-order valence-corrected chi connectivity index (χ4v) is 4.82. The second-order valence-electron chi connectivity index (χ2n) is 9.61. The Bertz CT molecular complexity index is 1550. The lowest BCUT2D eigenvalue weighted by Crippen LogP contribution is -2.24. The van der Waals surface area contributed by atoms with Crippen LogP contribution in [0.15, 0.2) is 47.5 Å². The zero-order valence-corrected chi connectivity index (χ0v) is 19.7. The summed E-state index contributed by atoms with van der Waals surface area (Å²) in [5.74, 6) is 0.417. The number of aromatic nitrogens is 5. The third-order valence-electron chi connectivity index (χ3n) is 6.90. The number of nitriles is 1. The summed E-state index contributed by atoms with van der Waals surface area (Å²) in [7, 11) is 0. The Hall–Kier alpha value is -4.03. The molecule has 1 aliphatic carbocycles. The number of benzene rings is 1. The summed E-state index contributed by atoms with van der Waals surface area (Å²) in [6.07, 6.45) is 5.91. The fraction of sp³-hybridized carbons (Fsp3) is 0.346. The summed E-state index contributed by atoms with van der Waals surface area (Å²) < 4.78 is 3.50. The van der Waals surface area contributed by atoms with Gasteiger partial charge in [-0.25, -0.2) is 14.3 Å². The van der Waals surface area contributed by atoms with Crippen LogP contribution in [0, 0.1) is 11.3 Å². The normalized spacial score (nSPS) is 16.2. The van der Waals surface area contributed by atoms with Crippen molar-refractivity contribution in [2.45, 2.75) is 51.1 Å². The van der Waals surface area contributed by atoms with Gasteiger partial charge in [0.15, 0.2) is 5.65 Å². The SMILES string of the molecule is CC(C)n1c(=O)c2cnc(Nc3ccc4c(c3)CNCC4)nc2n1-c1ccnc(C2(C#N)CC2)c1. The van der Waals surface area contributed by atoms with Crippen LogP contribution in [-0.4, -0.2) is 30.9 Å². The highest BCUT2D eigenvalue weighted by Crippen LogP contribution is 2.46. The number of pyridine rings is 1. The first-order valence-electron chi connectivity index (χ1n) is 12.0. The van der Waals surface area contributed by atoms with Crippen molar-refractivity contribution >= 4 is 22.7 Å². The Labute approximate surface area is 202 Å². The van der Waals surface area contributed by atoms with Crippen molar-refractivity contribution in [2.24, 2.45) is 0 Å². The van der Waals surface area contributed by atoms with Crippen molar-refractivity contribution in [3.63, 3.8) is 0 Å². The Morgan fingerprint density at radius 2 is 2.03 bits per heavy atom. The molecule has 35 heavy (non-hydrogen) atoms. The van der Waals surface area contributed by atoms with Gasteiger partial charge in [0.2, 0.25) is 5.95 Å². The topological polar surface area (TPSA) is 113 Å². The Kier molecular flexibility index (Phi) is 4.93. The number of nitrogens with one attached hydrogen (secondary N) is 2. The van der Waals surface area contributed by atoms with E-state index in [1.165, 1.54) is 11.1 Å². The molecule has 6 rings (SSSR count). The van der Waals surface area contributed by atoms with Crippen molar-refractivity contribution < 1.29 is 0 Å². The molecular weight excluding hydrogens is 440 g/mol. The van der Waals surface area contributed by atoms with Gasteiger partial charge in [-0.1, -0.05) is 6.07 Å². The van der Waals surface area contributed by atoms with E-state index in [2.05, 4.69) is 38.8 Å². The molecule has 0 bridgehead atoms. The number of anilines is 2. The smallest absolute Gasteiger partial charge is 0.278 e. The molecule has 4 aromatic rings. The lowest BCUT2D eigenvalue weighted by atomic mass is 10.0. The second-order valence-corrected chi connectivity index (χ2v) is 9.61. The van der Waals surface area contributed by atoms with Gasteiger partial charge in [-0.05, 0) is 75.0 Å². The minimum absolute atomic E-state index is 0.108. The van der Waals surface area contributed by atoms with Crippen LogP contribution in [0.1, 0.15) is 49.6 Å². The molecule has 0 spiro atoms. The summed E-state index contributed by atoms with van der Waals surface area (Å²) in [6.45, 7) is 5.76. The van der Waals surface area contributed by atoms with Gasteiger partial charge in [0.25, 0.3) is 5.56 Å². The standard InChI is InChI=1S/C26H26N8O/c1-16(2)33-24(35)21-14-30-25(31-19-4-3-17-5-9-28-13-18(17)11-19)32-23(21)34(33)20-6-10-29-22(12-20)26(15-27)7-8-26/h3-4,6,10-12,14,16,28H,5,7-9,13H2,1-2H3,(H,30,31,32). The molecule has 1 fully saturated rings. The molecule has 0 unspecified atom stereocenters. The minimum atomic E-state index is -0.523. The third kappa shape index (κ3) is 3.58. The van der Waals surface area contributed by atoms with E-state index in [9.17, 15) is 10.1 Å². The number of rotatable bonds is 5. The fourth-order valence-electron chi connectivity index (χ4n) is 4.82. The summed E-state index contributed by atoms with van der Waals surface area (Å²) in [6, 6.07) is 12.3. The number of nitrogens with zero attached hydrogens (tertiary/aromatic N) is 6. The van der Waals surface area contributed by atoms with E-state index in [1.54, 1.807) is 17.1 Å². The summed E-state index contributed by atoms with van der Waals surface area (Å²) in [5.41, 5.74) is 4.85. The lowest BCUT2D eigenvalue weighted by molar-refractivity contribution is 0.475. The first-order valence-corrected chi connectivity index (χ1v) is 12.0. The quantitative estimate of drug-likeness (QED) is 0.463. The Morgan fingerprint density at radius 3 is 2.80 bits per heavy atom. The number of hydrogen-bond donors (Lipinski definition) is 2. The van der Waals surface area contributed by atoms with Gasteiger partial charge < -0.3 is 10.6 Å². The van der Waals surface area contributed by atoms with Gasteiger partial charge in [0, 0.05) is 30.7 Å². The van der Waals surface area contributed by atoms with Gasteiger partial charge in [0.1, 0.15) is 5.39 Å². The maximum atomic E-state index is 13.3. The Balaban J connectivity index is 1.46. The molecule has 3 aromatic heterocycles. The van der Waals surface area contributed by atoms with E-state index >= 15 is 0 Å². The summed E-state index contributed by atoms with van der Waals surface area (Å²) >= 11 is 0. The van der Waals surface area contributed by atoms with E-state index in [0.29, 0.717) is 17.0 Å². The second kappa shape index (κ2) is 8.03. The molecule has 9 heteroatoms. The molecule has 2 N–H and O–H groups in total. The highest BCUT2D eigenvalue weighted by atomic mass is 16.1. The van der Waals surface area contributed by atoms with E-state index < -0.39 is 5.41 Å². The van der Waals surface area contributed by atoms with Gasteiger partial charge in [-0.15, -0.1) is 0 Å². The predicted molar refractivity (Wildman–Crippen MR) is 133 cm³/mol. The van der Waals surface area contributed by atoms with Crippen molar-refractivity contribution in [1.82, 2.24) is 29.6 Å². The molecule has 176 valence electrons. The van der Waals surface area contributed by atoms with Gasteiger partial charge in [-0.3, -0.25) is 9.78 Å². The molecule has 1 aliphatic heterocycles. The molecular formula is C26H26N8O. The first-order chi connectivity index (χ1) is 17.0. The average molecular weight is 467 g/mol. The zero-order valence-electron chi connectivity index (χ0n) is 19.7. The molecule has 1 aromatic carbocycles. The van der Waals surface area contributed by atoms with Crippen LogP contribution in [0.25, 0.3) is 16.7 Å². The monoisotopic (exact) mass is 466 g/mol. The Morgan fingerprint density at radius 1 is 1.17 bits per heavy atom.